The molecular formula is C9H17NO2. The first kappa shape index (κ1) is 11.2. The van der Waals surface area contributed by atoms with Crippen molar-refractivity contribution in [3.63, 3.8) is 0 Å². The van der Waals surface area contributed by atoms with E-state index in [2.05, 4.69) is 0 Å². The normalized spacial score (nSPS) is 14.4. The summed E-state index contributed by atoms with van der Waals surface area (Å²) in [6.45, 7) is 3.72. The summed E-state index contributed by atoms with van der Waals surface area (Å²) in [6.07, 6.45) is 3.84. The van der Waals surface area contributed by atoms with Crippen LogP contribution in [0.5, 0.6) is 0 Å². The predicted molar refractivity (Wildman–Crippen MR) is 48.7 cm³/mol. The van der Waals surface area contributed by atoms with Crippen molar-refractivity contribution in [1.29, 1.82) is 0 Å². The largest absolute Gasteiger partial charge is 0.382 e. The predicted octanol–water partition coefficient (Wildman–Crippen LogP) is 1.23. The zero-order valence-electron chi connectivity index (χ0n) is 7.96. The van der Waals surface area contributed by atoms with Crippen LogP contribution in [0.4, 0.5) is 0 Å². The summed E-state index contributed by atoms with van der Waals surface area (Å²) >= 11 is 0. The zero-order chi connectivity index (χ0) is 9.56. The highest BCUT2D eigenvalue weighted by Gasteiger charge is 1.99. The van der Waals surface area contributed by atoms with Crippen molar-refractivity contribution in [2.75, 3.05) is 7.11 Å². The van der Waals surface area contributed by atoms with Gasteiger partial charge in [0, 0.05) is 12.7 Å². The second kappa shape index (κ2) is 5.77. The van der Waals surface area contributed by atoms with Crippen LogP contribution in [-0.4, -0.2) is 19.1 Å². The SMILES string of the molecule is COC(C)CCC=C(C)C(N)=O. The van der Waals surface area contributed by atoms with Crippen molar-refractivity contribution in [1.82, 2.24) is 0 Å². The Balaban J connectivity index is 3.67. The van der Waals surface area contributed by atoms with Crippen LogP contribution in [0.15, 0.2) is 11.6 Å². The molecule has 1 unspecified atom stereocenters. The first-order chi connectivity index (χ1) is 5.57. The number of rotatable bonds is 5. The molecule has 0 aromatic heterocycles. The fraction of sp³-hybridized carbons (Fsp3) is 0.667. The van der Waals surface area contributed by atoms with Gasteiger partial charge in [0.2, 0.25) is 5.91 Å². The highest BCUT2D eigenvalue weighted by atomic mass is 16.5. The Bertz CT molecular complexity index is 175. The van der Waals surface area contributed by atoms with Gasteiger partial charge in [-0.2, -0.15) is 0 Å². The Morgan fingerprint density at radius 2 is 2.25 bits per heavy atom. The van der Waals surface area contributed by atoms with Crippen LogP contribution in [0.3, 0.4) is 0 Å². The summed E-state index contributed by atoms with van der Waals surface area (Å²) in [4.78, 5) is 10.6. The molecular weight excluding hydrogens is 154 g/mol. The maximum atomic E-state index is 10.6. The van der Waals surface area contributed by atoms with Crippen LogP contribution >= 0.6 is 0 Å². The number of allylic oxidation sites excluding steroid dienone is 1. The molecule has 0 bridgehead atoms. The molecule has 0 aliphatic heterocycles. The molecule has 0 aliphatic rings. The Morgan fingerprint density at radius 1 is 1.67 bits per heavy atom. The Hall–Kier alpha value is -0.830. The Labute approximate surface area is 73.6 Å². The average Bonchev–Trinajstić information content (AvgIpc) is 2.03. The van der Waals surface area contributed by atoms with E-state index in [1.807, 2.05) is 13.0 Å². The minimum Gasteiger partial charge on any atom is -0.382 e. The number of hydrogen-bond acceptors (Lipinski definition) is 2. The number of carbonyl (C=O) groups is 1. The molecule has 12 heavy (non-hydrogen) atoms. The van der Waals surface area contributed by atoms with Crippen LogP contribution in [0.25, 0.3) is 0 Å². The van der Waals surface area contributed by atoms with E-state index in [4.69, 9.17) is 10.5 Å². The second-order valence-electron chi connectivity index (χ2n) is 2.88. The molecule has 0 fully saturated rings. The zero-order valence-corrected chi connectivity index (χ0v) is 7.96. The van der Waals surface area contributed by atoms with Crippen molar-refractivity contribution in [3.05, 3.63) is 11.6 Å². The maximum Gasteiger partial charge on any atom is 0.244 e. The van der Waals surface area contributed by atoms with Gasteiger partial charge >= 0.3 is 0 Å². The van der Waals surface area contributed by atoms with Crippen molar-refractivity contribution in [3.8, 4) is 0 Å². The summed E-state index contributed by atoms with van der Waals surface area (Å²) in [6, 6.07) is 0. The topological polar surface area (TPSA) is 52.3 Å². The van der Waals surface area contributed by atoms with Crippen LogP contribution < -0.4 is 5.73 Å². The van der Waals surface area contributed by atoms with Crippen LogP contribution in [0.1, 0.15) is 26.7 Å². The lowest BCUT2D eigenvalue weighted by Gasteiger charge is -2.06. The minimum absolute atomic E-state index is 0.238. The smallest absolute Gasteiger partial charge is 0.244 e. The van der Waals surface area contributed by atoms with E-state index in [-0.39, 0.29) is 12.0 Å². The van der Waals surface area contributed by atoms with E-state index >= 15 is 0 Å². The summed E-state index contributed by atoms with van der Waals surface area (Å²) < 4.78 is 5.05. The number of ether oxygens (including phenoxy) is 1. The highest BCUT2D eigenvalue weighted by Crippen LogP contribution is 2.03. The molecule has 0 saturated carbocycles. The minimum atomic E-state index is -0.347. The fourth-order valence-corrected chi connectivity index (χ4v) is 0.753. The lowest BCUT2D eigenvalue weighted by atomic mass is 10.1. The first-order valence-electron chi connectivity index (χ1n) is 4.07. The van der Waals surface area contributed by atoms with Gasteiger partial charge in [0.15, 0.2) is 0 Å². The van der Waals surface area contributed by atoms with Gasteiger partial charge < -0.3 is 10.5 Å². The van der Waals surface area contributed by atoms with Gasteiger partial charge in [-0.3, -0.25) is 4.79 Å². The number of nitrogens with two attached hydrogens (primary N) is 1. The van der Waals surface area contributed by atoms with E-state index in [1.165, 1.54) is 0 Å². The van der Waals surface area contributed by atoms with E-state index in [9.17, 15) is 4.79 Å². The summed E-state index contributed by atoms with van der Waals surface area (Å²) in [5.41, 5.74) is 5.67. The standard InChI is InChI=1S/C9H17NO2/c1-7(9(10)11)5-4-6-8(2)12-3/h5,8H,4,6H2,1-3H3,(H2,10,11). The van der Waals surface area contributed by atoms with Crippen molar-refractivity contribution < 1.29 is 9.53 Å². The molecule has 0 aromatic rings. The molecule has 1 amide bonds. The van der Waals surface area contributed by atoms with Gasteiger partial charge in [0.05, 0.1) is 6.10 Å². The van der Waals surface area contributed by atoms with E-state index < -0.39 is 0 Å². The van der Waals surface area contributed by atoms with Crippen molar-refractivity contribution >= 4 is 5.91 Å². The van der Waals surface area contributed by atoms with Crippen molar-refractivity contribution in [2.45, 2.75) is 32.8 Å². The number of hydrogen-bond donors (Lipinski definition) is 1. The highest BCUT2D eigenvalue weighted by molar-refractivity contribution is 5.91. The van der Waals surface area contributed by atoms with Crippen LogP contribution in [0.2, 0.25) is 0 Å². The van der Waals surface area contributed by atoms with E-state index in [0.29, 0.717) is 5.57 Å². The van der Waals surface area contributed by atoms with Gasteiger partial charge in [-0.15, -0.1) is 0 Å². The monoisotopic (exact) mass is 171 g/mol. The molecule has 0 saturated heterocycles. The summed E-state index contributed by atoms with van der Waals surface area (Å²) in [5, 5.41) is 0. The lowest BCUT2D eigenvalue weighted by Crippen LogP contribution is -2.11. The Morgan fingerprint density at radius 3 is 2.67 bits per heavy atom. The average molecular weight is 171 g/mol. The second-order valence-corrected chi connectivity index (χ2v) is 2.88. The number of carbonyl (C=O) groups excluding carboxylic acids is 1. The molecule has 0 heterocycles. The van der Waals surface area contributed by atoms with Gasteiger partial charge in [0.25, 0.3) is 0 Å². The van der Waals surface area contributed by atoms with Gasteiger partial charge in [-0.25, -0.2) is 0 Å². The van der Waals surface area contributed by atoms with Gasteiger partial charge in [-0.1, -0.05) is 6.08 Å². The quantitative estimate of drug-likeness (QED) is 0.632. The summed E-state index contributed by atoms with van der Waals surface area (Å²) in [5.74, 6) is -0.347. The third-order valence-electron chi connectivity index (χ3n) is 1.81. The van der Waals surface area contributed by atoms with E-state index in [1.54, 1.807) is 14.0 Å². The van der Waals surface area contributed by atoms with E-state index in [0.717, 1.165) is 12.8 Å². The molecule has 1 atom stereocenters. The number of methoxy groups -OCH3 is 1. The molecule has 0 rings (SSSR count). The Kier molecular flexibility index (Phi) is 5.37. The third-order valence-corrected chi connectivity index (χ3v) is 1.81. The van der Waals surface area contributed by atoms with Crippen molar-refractivity contribution in [2.24, 2.45) is 5.73 Å². The molecule has 3 heteroatoms. The first-order valence-corrected chi connectivity index (χ1v) is 4.07. The molecule has 0 radical (unpaired) electrons. The molecule has 0 aromatic carbocycles. The molecule has 0 spiro atoms. The number of primary amides is 1. The summed E-state index contributed by atoms with van der Waals surface area (Å²) in [7, 11) is 1.68. The molecule has 0 aliphatic carbocycles. The lowest BCUT2D eigenvalue weighted by molar-refractivity contribution is -0.114. The third kappa shape index (κ3) is 4.91. The fourth-order valence-electron chi connectivity index (χ4n) is 0.753. The number of amides is 1. The van der Waals surface area contributed by atoms with Gasteiger partial charge in [-0.05, 0) is 26.7 Å². The molecule has 70 valence electrons. The van der Waals surface area contributed by atoms with Gasteiger partial charge in [0.1, 0.15) is 0 Å². The molecule has 2 N–H and O–H groups in total. The maximum absolute atomic E-state index is 10.6. The molecule has 3 nitrogen and oxygen atoms in total. The van der Waals surface area contributed by atoms with Crippen LogP contribution in [-0.2, 0) is 9.53 Å². The van der Waals surface area contributed by atoms with Crippen LogP contribution in [0, 0.1) is 0 Å².